The zero-order chi connectivity index (χ0) is 24.6. The summed E-state index contributed by atoms with van der Waals surface area (Å²) in [5, 5.41) is 10.1. The normalized spacial score (nSPS) is 13.0. The van der Waals surface area contributed by atoms with Crippen molar-refractivity contribution in [1.82, 2.24) is 0 Å². The summed E-state index contributed by atoms with van der Waals surface area (Å²) in [6.07, 6.45) is 3.59. The Hall–Kier alpha value is -3.17. The molecule has 5 nitrogen and oxygen atoms in total. The lowest BCUT2D eigenvalue weighted by atomic mass is 9.97. The molecule has 2 aromatic rings. The van der Waals surface area contributed by atoms with Gasteiger partial charge in [-0.25, -0.2) is 0 Å². The fourth-order valence-electron chi connectivity index (χ4n) is 2.91. The Balaban J connectivity index is 2.56. The molecular formula is C27H35NO4Si. The van der Waals surface area contributed by atoms with Crippen LogP contribution in [0, 0.1) is 11.3 Å². The maximum Gasteiger partial charge on any atom is 0.250 e. The van der Waals surface area contributed by atoms with Gasteiger partial charge in [-0.05, 0) is 60.6 Å². The van der Waals surface area contributed by atoms with Crippen molar-refractivity contribution in [2.24, 2.45) is 0 Å². The molecule has 0 saturated heterocycles. The minimum atomic E-state index is -2.18. The standard InChI is InChI=1S/C27H35NO4Si/c1-9-16-31-22-12-10-20(11-13-22)25(32-33(7,8)27(2,3)4)17-21(19-28)24-15-14-23(29-5)18-26(24)30-6/h9-15,17-18,21H,1,16H2,2-8H3. The summed E-state index contributed by atoms with van der Waals surface area (Å²) in [4.78, 5) is 0. The average molecular weight is 466 g/mol. The fraction of sp³-hybridized carbons (Fsp3) is 0.370. The molecule has 0 fully saturated rings. The second-order valence-corrected chi connectivity index (χ2v) is 14.0. The monoisotopic (exact) mass is 465 g/mol. The van der Waals surface area contributed by atoms with Crippen LogP contribution in [-0.4, -0.2) is 29.1 Å². The first-order chi connectivity index (χ1) is 15.6. The van der Waals surface area contributed by atoms with Crippen LogP contribution < -0.4 is 14.2 Å². The van der Waals surface area contributed by atoms with Crippen molar-refractivity contribution < 1.29 is 18.6 Å². The van der Waals surface area contributed by atoms with Crippen LogP contribution in [0.5, 0.6) is 17.2 Å². The van der Waals surface area contributed by atoms with Crippen LogP contribution in [0.3, 0.4) is 0 Å². The van der Waals surface area contributed by atoms with Crippen LogP contribution in [0.2, 0.25) is 18.1 Å². The lowest BCUT2D eigenvalue weighted by Crippen LogP contribution is -2.40. The van der Waals surface area contributed by atoms with E-state index in [9.17, 15) is 5.26 Å². The summed E-state index contributed by atoms with van der Waals surface area (Å²) in [7, 11) is 1.01. The number of nitrogens with zero attached hydrogens (tertiary/aromatic N) is 1. The van der Waals surface area contributed by atoms with Gasteiger partial charge in [-0.15, -0.1) is 0 Å². The third kappa shape index (κ3) is 6.66. The van der Waals surface area contributed by atoms with Gasteiger partial charge in [-0.1, -0.05) is 33.4 Å². The lowest BCUT2D eigenvalue weighted by Gasteiger charge is -2.37. The first-order valence-electron chi connectivity index (χ1n) is 10.9. The van der Waals surface area contributed by atoms with Crippen molar-refractivity contribution in [3.05, 3.63) is 72.3 Å². The topological polar surface area (TPSA) is 60.7 Å². The van der Waals surface area contributed by atoms with E-state index in [1.54, 1.807) is 26.4 Å². The van der Waals surface area contributed by atoms with Crippen molar-refractivity contribution in [2.75, 3.05) is 20.8 Å². The highest BCUT2D eigenvalue weighted by Gasteiger charge is 2.39. The summed E-state index contributed by atoms with van der Waals surface area (Å²) in [6.45, 7) is 15.1. The molecular weight excluding hydrogens is 430 g/mol. The van der Waals surface area contributed by atoms with Gasteiger partial charge in [0.05, 0.1) is 26.2 Å². The van der Waals surface area contributed by atoms with Crippen LogP contribution >= 0.6 is 0 Å². The predicted octanol–water partition coefficient (Wildman–Crippen LogP) is 6.94. The van der Waals surface area contributed by atoms with Crippen molar-refractivity contribution in [3.8, 4) is 23.3 Å². The van der Waals surface area contributed by atoms with Gasteiger partial charge in [0, 0.05) is 17.2 Å². The Morgan fingerprint density at radius 2 is 1.70 bits per heavy atom. The minimum Gasteiger partial charge on any atom is -0.543 e. The third-order valence-corrected chi connectivity index (χ3v) is 10.3. The maximum atomic E-state index is 10.1. The number of nitriles is 1. The summed E-state index contributed by atoms with van der Waals surface area (Å²) >= 11 is 0. The number of hydrogen-bond acceptors (Lipinski definition) is 5. The molecule has 0 aliphatic rings. The molecule has 0 aliphatic heterocycles. The molecule has 33 heavy (non-hydrogen) atoms. The van der Waals surface area contributed by atoms with Crippen LogP contribution in [0.25, 0.3) is 5.76 Å². The summed E-state index contributed by atoms with van der Waals surface area (Å²) < 4.78 is 23.2. The Morgan fingerprint density at radius 3 is 2.21 bits per heavy atom. The number of benzene rings is 2. The molecule has 0 bridgehead atoms. The summed E-state index contributed by atoms with van der Waals surface area (Å²) in [5.74, 6) is 2.13. The van der Waals surface area contributed by atoms with E-state index in [0.29, 0.717) is 23.9 Å². The Morgan fingerprint density at radius 1 is 1.06 bits per heavy atom. The van der Waals surface area contributed by atoms with Crippen LogP contribution in [0.1, 0.15) is 37.8 Å². The fourth-order valence-corrected chi connectivity index (χ4v) is 3.95. The van der Waals surface area contributed by atoms with E-state index < -0.39 is 14.2 Å². The highest BCUT2D eigenvalue weighted by molar-refractivity contribution is 6.74. The van der Waals surface area contributed by atoms with E-state index in [1.807, 2.05) is 42.5 Å². The molecule has 0 N–H and O–H groups in total. The van der Waals surface area contributed by atoms with Crippen LogP contribution in [0.4, 0.5) is 0 Å². The molecule has 176 valence electrons. The average Bonchev–Trinajstić information content (AvgIpc) is 2.79. The molecule has 6 heteroatoms. The third-order valence-electron chi connectivity index (χ3n) is 5.91. The van der Waals surface area contributed by atoms with Gasteiger partial charge >= 0.3 is 0 Å². The highest BCUT2D eigenvalue weighted by Crippen LogP contribution is 2.41. The first-order valence-corrected chi connectivity index (χ1v) is 13.8. The van der Waals surface area contributed by atoms with Crippen LogP contribution in [-0.2, 0) is 4.43 Å². The van der Waals surface area contributed by atoms with Crippen molar-refractivity contribution in [3.63, 3.8) is 0 Å². The predicted molar refractivity (Wildman–Crippen MR) is 136 cm³/mol. The SMILES string of the molecule is C=CCOc1ccc(C(=CC(C#N)c2ccc(OC)cc2OC)O[Si](C)(C)C(C)(C)C)cc1. The molecule has 0 heterocycles. The van der Waals surface area contributed by atoms with Crippen molar-refractivity contribution in [1.29, 1.82) is 5.26 Å². The minimum absolute atomic E-state index is 0.000947. The Labute approximate surface area is 199 Å². The summed E-state index contributed by atoms with van der Waals surface area (Å²) in [6, 6.07) is 15.6. The molecule has 1 atom stereocenters. The molecule has 1 unspecified atom stereocenters. The Kier molecular flexibility index (Phi) is 8.78. The molecule has 0 aromatic heterocycles. The maximum absolute atomic E-state index is 10.1. The Bertz CT molecular complexity index is 1010. The number of allylic oxidation sites excluding steroid dienone is 1. The lowest BCUT2D eigenvalue weighted by molar-refractivity contribution is 0.363. The highest BCUT2D eigenvalue weighted by atomic mass is 28.4. The molecule has 0 amide bonds. The van der Waals surface area contributed by atoms with Crippen molar-refractivity contribution >= 4 is 14.1 Å². The van der Waals surface area contributed by atoms with E-state index in [1.165, 1.54) is 0 Å². The van der Waals surface area contributed by atoms with E-state index in [0.717, 1.165) is 16.9 Å². The second-order valence-electron chi connectivity index (χ2n) is 9.23. The van der Waals surface area contributed by atoms with E-state index >= 15 is 0 Å². The van der Waals surface area contributed by atoms with Gasteiger partial charge in [0.25, 0.3) is 0 Å². The molecule has 0 radical (unpaired) electrons. The smallest absolute Gasteiger partial charge is 0.250 e. The van der Waals surface area contributed by atoms with Gasteiger partial charge in [0.1, 0.15) is 29.6 Å². The summed E-state index contributed by atoms with van der Waals surface area (Å²) in [5.41, 5.74) is 1.64. The quantitative estimate of drug-likeness (QED) is 0.216. The van der Waals surface area contributed by atoms with Crippen LogP contribution in [0.15, 0.2) is 61.2 Å². The van der Waals surface area contributed by atoms with Gasteiger partial charge in [0.15, 0.2) is 0 Å². The number of methoxy groups -OCH3 is 2. The zero-order valence-electron chi connectivity index (χ0n) is 20.8. The van der Waals surface area contributed by atoms with Gasteiger partial charge < -0.3 is 18.6 Å². The van der Waals surface area contributed by atoms with Crippen molar-refractivity contribution in [2.45, 2.75) is 44.8 Å². The van der Waals surface area contributed by atoms with E-state index in [2.05, 4.69) is 46.5 Å². The van der Waals surface area contributed by atoms with E-state index in [4.69, 9.17) is 18.6 Å². The molecule has 0 saturated carbocycles. The second kappa shape index (κ2) is 11.1. The molecule has 2 rings (SSSR count). The van der Waals surface area contributed by atoms with Gasteiger partial charge in [0.2, 0.25) is 8.32 Å². The van der Waals surface area contributed by atoms with Gasteiger partial charge in [-0.3, -0.25) is 0 Å². The number of hydrogen-bond donors (Lipinski definition) is 0. The van der Waals surface area contributed by atoms with E-state index in [-0.39, 0.29) is 5.04 Å². The largest absolute Gasteiger partial charge is 0.543 e. The van der Waals surface area contributed by atoms with Gasteiger partial charge in [-0.2, -0.15) is 5.26 Å². The molecule has 0 aliphatic carbocycles. The zero-order valence-corrected chi connectivity index (χ0v) is 21.8. The number of rotatable bonds is 10. The first kappa shape index (κ1) is 26.1. The molecule has 2 aromatic carbocycles. The number of ether oxygens (including phenoxy) is 3. The molecule has 0 spiro atoms.